The standard InChI is InChI=1S/C8H10BrNO3/c9-1-6(11)7-4-2-10(8(12)13)3-5(4)7/h4-5,7H,1-3H2,(H,12,13)/t4-,5+,7?. The summed E-state index contributed by atoms with van der Waals surface area (Å²) in [4.78, 5) is 23.2. The van der Waals surface area contributed by atoms with Crippen LogP contribution in [0.1, 0.15) is 0 Å². The number of hydrogen-bond donors (Lipinski definition) is 1. The molecule has 0 aromatic carbocycles. The molecule has 1 saturated heterocycles. The van der Waals surface area contributed by atoms with Crippen LogP contribution in [0.4, 0.5) is 4.79 Å². The van der Waals surface area contributed by atoms with Crippen LogP contribution in [0.2, 0.25) is 0 Å². The molecule has 1 unspecified atom stereocenters. The molecule has 2 fully saturated rings. The van der Waals surface area contributed by atoms with Crippen molar-refractivity contribution < 1.29 is 14.7 Å². The van der Waals surface area contributed by atoms with Crippen LogP contribution < -0.4 is 0 Å². The Morgan fingerprint density at radius 2 is 1.92 bits per heavy atom. The highest BCUT2D eigenvalue weighted by atomic mass is 79.9. The molecule has 0 radical (unpaired) electrons. The molecule has 1 aliphatic carbocycles. The number of piperidine rings is 1. The maximum absolute atomic E-state index is 11.3. The van der Waals surface area contributed by atoms with E-state index in [9.17, 15) is 9.59 Å². The zero-order valence-electron chi connectivity index (χ0n) is 6.94. The summed E-state index contributed by atoms with van der Waals surface area (Å²) in [5.41, 5.74) is 0. The zero-order chi connectivity index (χ0) is 9.59. The number of Topliss-reactive ketones (excluding diaryl/α,β-unsaturated/α-hetero) is 1. The lowest BCUT2D eigenvalue weighted by molar-refractivity contribution is -0.118. The van der Waals surface area contributed by atoms with E-state index in [2.05, 4.69) is 15.9 Å². The summed E-state index contributed by atoms with van der Waals surface area (Å²) in [7, 11) is 0. The van der Waals surface area contributed by atoms with Gasteiger partial charge in [0.05, 0.1) is 5.33 Å². The highest BCUT2D eigenvalue weighted by Gasteiger charge is 2.59. The summed E-state index contributed by atoms with van der Waals surface area (Å²) in [5, 5.41) is 9.07. The lowest BCUT2D eigenvalue weighted by atomic mass is 10.2. The van der Waals surface area contributed by atoms with E-state index in [0.29, 0.717) is 30.3 Å². The number of carbonyl (C=O) groups is 2. The van der Waals surface area contributed by atoms with Gasteiger partial charge in [-0.1, -0.05) is 15.9 Å². The summed E-state index contributed by atoms with van der Waals surface area (Å²) in [6.45, 7) is 1.09. The fourth-order valence-corrected chi connectivity index (χ4v) is 2.62. The average Bonchev–Trinajstić information content (AvgIpc) is 2.58. The Balaban J connectivity index is 1.90. The third-order valence-electron chi connectivity index (χ3n) is 2.97. The van der Waals surface area contributed by atoms with E-state index < -0.39 is 6.09 Å². The van der Waals surface area contributed by atoms with Gasteiger partial charge in [0.2, 0.25) is 0 Å². The first kappa shape index (κ1) is 8.99. The van der Waals surface area contributed by atoms with E-state index in [1.807, 2.05) is 0 Å². The molecule has 0 bridgehead atoms. The van der Waals surface area contributed by atoms with Crippen molar-refractivity contribution in [2.24, 2.45) is 17.8 Å². The van der Waals surface area contributed by atoms with Crippen LogP contribution in [-0.2, 0) is 4.79 Å². The molecule has 4 nitrogen and oxygen atoms in total. The summed E-state index contributed by atoms with van der Waals surface area (Å²) in [6, 6.07) is 0. The average molecular weight is 248 g/mol. The van der Waals surface area contributed by atoms with Crippen LogP contribution in [-0.4, -0.2) is 40.3 Å². The summed E-state index contributed by atoms with van der Waals surface area (Å²) >= 11 is 3.13. The molecule has 1 aliphatic heterocycles. The van der Waals surface area contributed by atoms with Gasteiger partial charge in [-0.2, -0.15) is 0 Å². The van der Waals surface area contributed by atoms with E-state index in [1.165, 1.54) is 4.90 Å². The van der Waals surface area contributed by atoms with Crippen LogP contribution in [0.3, 0.4) is 0 Å². The Labute approximate surface area is 84.0 Å². The normalized spacial score (nSPS) is 35.8. The molecule has 1 saturated carbocycles. The van der Waals surface area contributed by atoms with Gasteiger partial charge in [-0.25, -0.2) is 4.79 Å². The maximum atomic E-state index is 11.3. The van der Waals surface area contributed by atoms with E-state index >= 15 is 0 Å². The lowest BCUT2D eigenvalue weighted by Crippen LogP contribution is -2.31. The molecular weight excluding hydrogens is 238 g/mol. The molecule has 1 N–H and O–H groups in total. The minimum absolute atomic E-state index is 0.134. The number of halogens is 1. The van der Waals surface area contributed by atoms with Gasteiger partial charge < -0.3 is 10.0 Å². The van der Waals surface area contributed by atoms with E-state index in [1.54, 1.807) is 0 Å². The molecule has 0 aromatic rings. The Hall–Kier alpha value is -0.580. The van der Waals surface area contributed by atoms with Crippen LogP contribution in [0.5, 0.6) is 0 Å². The maximum Gasteiger partial charge on any atom is 0.407 e. The first-order valence-electron chi connectivity index (χ1n) is 4.21. The van der Waals surface area contributed by atoms with Crippen LogP contribution >= 0.6 is 15.9 Å². The Morgan fingerprint density at radius 1 is 1.38 bits per heavy atom. The van der Waals surface area contributed by atoms with Crippen molar-refractivity contribution in [1.29, 1.82) is 0 Å². The van der Waals surface area contributed by atoms with Crippen molar-refractivity contribution in [3.05, 3.63) is 0 Å². The fourth-order valence-electron chi connectivity index (χ4n) is 2.25. The number of fused-ring (bicyclic) bond motifs is 1. The quantitative estimate of drug-likeness (QED) is 0.735. The second-order valence-corrected chi connectivity index (χ2v) is 4.20. The first-order chi connectivity index (χ1) is 6.15. The molecule has 3 atom stereocenters. The van der Waals surface area contributed by atoms with E-state index in [0.717, 1.165) is 0 Å². The molecular formula is C8H10BrNO3. The van der Waals surface area contributed by atoms with Crippen LogP contribution in [0.25, 0.3) is 0 Å². The number of likely N-dealkylation sites (tertiary alicyclic amines) is 1. The second kappa shape index (κ2) is 2.97. The van der Waals surface area contributed by atoms with Crippen LogP contribution in [0, 0.1) is 17.8 Å². The predicted molar refractivity (Wildman–Crippen MR) is 48.9 cm³/mol. The van der Waals surface area contributed by atoms with Gasteiger partial charge in [-0.05, 0) is 11.8 Å². The van der Waals surface area contributed by atoms with Gasteiger partial charge in [-0.15, -0.1) is 0 Å². The SMILES string of the molecule is O=C(CBr)C1[C@H]2CN(C(=O)O)C[C@@H]12. The van der Waals surface area contributed by atoms with Crippen molar-refractivity contribution >= 4 is 27.8 Å². The highest BCUT2D eigenvalue weighted by Crippen LogP contribution is 2.52. The highest BCUT2D eigenvalue weighted by molar-refractivity contribution is 9.09. The van der Waals surface area contributed by atoms with Gasteiger partial charge in [-0.3, -0.25) is 4.79 Å². The molecule has 2 rings (SSSR count). The van der Waals surface area contributed by atoms with Gasteiger partial charge in [0.1, 0.15) is 5.78 Å². The smallest absolute Gasteiger partial charge is 0.407 e. The Kier molecular flexibility index (Phi) is 2.06. The fraction of sp³-hybridized carbons (Fsp3) is 0.750. The van der Waals surface area contributed by atoms with E-state index in [-0.39, 0.29) is 11.7 Å². The predicted octanol–water partition coefficient (Wildman–Crippen LogP) is 0.806. The number of alkyl halides is 1. The number of carbonyl (C=O) groups excluding carboxylic acids is 1. The monoisotopic (exact) mass is 247 g/mol. The Bertz CT molecular complexity index is 256. The third-order valence-corrected chi connectivity index (χ3v) is 3.52. The molecule has 0 spiro atoms. The number of rotatable bonds is 2. The van der Waals surface area contributed by atoms with Crippen molar-refractivity contribution in [2.75, 3.05) is 18.4 Å². The van der Waals surface area contributed by atoms with Crippen molar-refractivity contribution in [3.63, 3.8) is 0 Å². The van der Waals surface area contributed by atoms with Crippen molar-refractivity contribution in [2.45, 2.75) is 0 Å². The van der Waals surface area contributed by atoms with Gasteiger partial charge in [0, 0.05) is 19.0 Å². The second-order valence-electron chi connectivity index (χ2n) is 3.64. The molecule has 0 aromatic heterocycles. The zero-order valence-corrected chi connectivity index (χ0v) is 8.53. The third kappa shape index (κ3) is 1.35. The number of carboxylic acid groups (broad SMARTS) is 1. The summed E-state index contributed by atoms with van der Waals surface area (Å²) < 4.78 is 0. The number of nitrogens with zero attached hydrogens (tertiary/aromatic N) is 1. The number of ketones is 1. The van der Waals surface area contributed by atoms with Crippen molar-refractivity contribution in [1.82, 2.24) is 4.90 Å². The molecule has 72 valence electrons. The Morgan fingerprint density at radius 3 is 2.31 bits per heavy atom. The lowest BCUT2D eigenvalue weighted by Gasteiger charge is -2.14. The summed E-state index contributed by atoms with van der Waals surface area (Å²) in [6.07, 6.45) is -0.864. The van der Waals surface area contributed by atoms with Gasteiger partial charge >= 0.3 is 6.09 Å². The van der Waals surface area contributed by atoms with Gasteiger partial charge in [0.25, 0.3) is 0 Å². The molecule has 1 amide bonds. The minimum atomic E-state index is -0.864. The molecule has 5 heteroatoms. The van der Waals surface area contributed by atoms with Crippen molar-refractivity contribution in [3.8, 4) is 0 Å². The molecule has 13 heavy (non-hydrogen) atoms. The number of hydrogen-bond acceptors (Lipinski definition) is 2. The van der Waals surface area contributed by atoms with Gasteiger partial charge in [0.15, 0.2) is 0 Å². The molecule has 1 heterocycles. The first-order valence-corrected chi connectivity index (χ1v) is 5.34. The summed E-state index contributed by atoms with van der Waals surface area (Å²) in [5.74, 6) is 0.970. The van der Waals surface area contributed by atoms with Crippen LogP contribution in [0.15, 0.2) is 0 Å². The topological polar surface area (TPSA) is 57.6 Å². The largest absolute Gasteiger partial charge is 0.465 e. The van der Waals surface area contributed by atoms with E-state index in [4.69, 9.17) is 5.11 Å². The molecule has 2 aliphatic rings. The number of amides is 1. The minimum Gasteiger partial charge on any atom is -0.465 e.